The molecule has 0 aliphatic heterocycles. The summed E-state index contributed by atoms with van der Waals surface area (Å²) < 4.78 is 1.72. The van der Waals surface area contributed by atoms with Crippen molar-refractivity contribution in [2.24, 2.45) is 0 Å². The zero-order chi connectivity index (χ0) is 33.4. The van der Waals surface area contributed by atoms with Gasteiger partial charge in [0.05, 0.1) is 48.8 Å². The summed E-state index contributed by atoms with van der Waals surface area (Å²) in [6.07, 6.45) is 0. The molecule has 226 valence electrons. The number of nitrogens with zero attached hydrogens (tertiary/aromatic N) is 2. The summed E-state index contributed by atoms with van der Waals surface area (Å²) in [5.41, 5.74) is -3.09. The molecule has 12 nitrogen and oxygen atoms in total. The molecule has 4 heterocycles. The Labute approximate surface area is 263 Å². The quantitative estimate of drug-likeness (QED) is 0.245. The SMILES string of the molecule is O=c1[nH]c(=O)c2cc3c(=O)n(C#Cc4ccc(C#Cc5ccc(-n6c(=O)c7cc8c(=O)[nH]c(=O)c8cc7c6=O)cc5)cc4)c(=O)c3cc12. The predicted molar refractivity (Wildman–Crippen MR) is 179 cm³/mol. The highest BCUT2D eigenvalue weighted by Crippen LogP contribution is 2.16. The van der Waals surface area contributed by atoms with E-state index in [4.69, 9.17) is 0 Å². The van der Waals surface area contributed by atoms with Crippen molar-refractivity contribution < 1.29 is 0 Å². The molecular formula is C36H14N4O8. The Morgan fingerprint density at radius 1 is 0.396 bits per heavy atom. The van der Waals surface area contributed by atoms with Crippen LogP contribution in [0.4, 0.5) is 0 Å². The highest BCUT2D eigenvalue weighted by Gasteiger charge is 2.18. The molecule has 0 unspecified atom stereocenters. The molecule has 4 aromatic heterocycles. The number of nitrogens with one attached hydrogen (secondary N) is 2. The fourth-order valence-corrected chi connectivity index (χ4v) is 5.73. The van der Waals surface area contributed by atoms with Gasteiger partial charge in [-0.15, -0.1) is 0 Å². The fraction of sp³-hybridized carbons (Fsp3) is 0. The smallest absolute Gasteiger partial charge is 0.273 e. The van der Waals surface area contributed by atoms with Gasteiger partial charge in [0, 0.05) is 22.7 Å². The van der Waals surface area contributed by atoms with Gasteiger partial charge in [-0.05, 0) is 78.7 Å². The largest absolute Gasteiger partial charge is 0.288 e. The van der Waals surface area contributed by atoms with Gasteiger partial charge in [0.15, 0.2) is 0 Å². The molecule has 12 heteroatoms. The zero-order valence-electron chi connectivity index (χ0n) is 24.1. The van der Waals surface area contributed by atoms with Gasteiger partial charge in [-0.25, -0.2) is 4.57 Å². The van der Waals surface area contributed by atoms with Crippen LogP contribution >= 0.6 is 0 Å². The minimum absolute atomic E-state index is 0.00332. The molecule has 0 fully saturated rings. The molecule has 0 saturated carbocycles. The number of fused-ring (bicyclic) bond motifs is 4. The molecule has 0 aliphatic carbocycles. The highest BCUT2D eigenvalue weighted by molar-refractivity contribution is 5.99. The van der Waals surface area contributed by atoms with Crippen LogP contribution in [0.15, 0.2) is 111 Å². The van der Waals surface area contributed by atoms with Crippen molar-refractivity contribution in [3.05, 3.63) is 172 Å². The lowest BCUT2D eigenvalue weighted by atomic mass is 10.1. The third-order valence-electron chi connectivity index (χ3n) is 8.16. The summed E-state index contributed by atoms with van der Waals surface area (Å²) in [5, 5.41) is 0.245. The first-order valence-corrected chi connectivity index (χ1v) is 14.2. The van der Waals surface area contributed by atoms with Crippen molar-refractivity contribution >= 4 is 43.1 Å². The number of rotatable bonds is 1. The van der Waals surface area contributed by atoms with Crippen molar-refractivity contribution in [3.8, 4) is 29.5 Å². The maximum Gasteiger partial charge on any atom is 0.273 e. The molecule has 8 rings (SSSR count). The summed E-state index contributed by atoms with van der Waals surface area (Å²) in [5.74, 6) is 8.76. The summed E-state index contributed by atoms with van der Waals surface area (Å²) >= 11 is 0. The Bertz CT molecular complexity index is 3130. The van der Waals surface area contributed by atoms with E-state index in [-0.39, 0.29) is 43.1 Å². The minimum Gasteiger partial charge on any atom is -0.288 e. The molecule has 0 spiro atoms. The third-order valence-corrected chi connectivity index (χ3v) is 8.16. The second kappa shape index (κ2) is 10.0. The first-order valence-electron chi connectivity index (χ1n) is 14.2. The molecule has 0 aliphatic rings. The van der Waals surface area contributed by atoms with E-state index in [0.717, 1.165) is 9.13 Å². The molecule has 8 aromatic rings. The van der Waals surface area contributed by atoms with Gasteiger partial charge in [0.1, 0.15) is 0 Å². The molecule has 4 aromatic carbocycles. The Hall–Kier alpha value is -7.44. The second-order valence-electron chi connectivity index (χ2n) is 11.0. The Kier molecular flexibility index (Phi) is 5.87. The number of H-pyrrole nitrogens is 2. The van der Waals surface area contributed by atoms with Crippen LogP contribution < -0.4 is 44.5 Å². The third kappa shape index (κ3) is 4.14. The second-order valence-corrected chi connectivity index (χ2v) is 11.0. The van der Waals surface area contributed by atoms with Gasteiger partial charge in [-0.1, -0.05) is 11.8 Å². The van der Waals surface area contributed by atoms with Crippen LogP contribution in [0.3, 0.4) is 0 Å². The molecule has 0 atom stereocenters. The summed E-state index contributed by atoms with van der Waals surface area (Å²) in [7, 11) is 0. The van der Waals surface area contributed by atoms with Crippen LogP contribution in [0.1, 0.15) is 16.7 Å². The van der Waals surface area contributed by atoms with Gasteiger partial charge in [-0.2, -0.15) is 4.57 Å². The molecular weight excluding hydrogens is 616 g/mol. The number of aromatic nitrogens is 4. The number of benzene rings is 4. The number of aromatic amines is 2. The van der Waals surface area contributed by atoms with Crippen LogP contribution in [0.25, 0.3) is 48.8 Å². The number of hydrogen-bond donors (Lipinski definition) is 2. The van der Waals surface area contributed by atoms with Gasteiger partial charge in [0.25, 0.3) is 44.5 Å². The Morgan fingerprint density at radius 3 is 1.12 bits per heavy atom. The van der Waals surface area contributed by atoms with Crippen LogP contribution in [-0.4, -0.2) is 19.1 Å². The summed E-state index contributed by atoms with van der Waals surface area (Å²) in [4.78, 5) is 104. The number of hydrogen-bond acceptors (Lipinski definition) is 8. The minimum atomic E-state index is -0.692. The van der Waals surface area contributed by atoms with E-state index >= 15 is 0 Å². The predicted octanol–water partition coefficient (Wildman–Crippen LogP) is 0.438. The van der Waals surface area contributed by atoms with E-state index in [1.54, 1.807) is 48.5 Å². The highest BCUT2D eigenvalue weighted by atomic mass is 16.2. The first-order chi connectivity index (χ1) is 23.1. The van der Waals surface area contributed by atoms with E-state index in [0.29, 0.717) is 22.4 Å². The monoisotopic (exact) mass is 630 g/mol. The Morgan fingerprint density at radius 2 is 0.729 bits per heavy atom. The topological polar surface area (TPSA) is 178 Å². The lowest BCUT2D eigenvalue weighted by molar-refractivity contribution is 0.990. The lowest BCUT2D eigenvalue weighted by Gasteiger charge is -2.00. The van der Waals surface area contributed by atoms with E-state index in [9.17, 15) is 38.4 Å². The molecule has 48 heavy (non-hydrogen) atoms. The standard InChI is InChI=1S/C36H14N4O8/c41-29-21-13-25-26(14-22(21)30(42)37-29)34(46)39(33(25)45)12-11-19-5-3-17(4-6-19)1-2-18-7-9-20(10-8-18)40-35(47)27-15-23-24(16-28(27)36(40)48)32(44)38-31(23)43/h3-10,13-16H,(H,37,41,42)(H,38,43,44). The van der Waals surface area contributed by atoms with Crippen molar-refractivity contribution in [1.29, 1.82) is 0 Å². The van der Waals surface area contributed by atoms with Gasteiger partial charge >= 0.3 is 0 Å². The fourth-order valence-electron chi connectivity index (χ4n) is 5.73. The van der Waals surface area contributed by atoms with Crippen molar-refractivity contribution in [1.82, 2.24) is 19.1 Å². The average Bonchev–Trinajstić information content (AvgIpc) is 3.71. The first kappa shape index (κ1) is 28.1. The molecule has 0 radical (unpaired) electrons. The van der Waals surface area contributed by atoms with Gasteiger partial charge < -0.3 is 0 Å². The van der Waals surface area contributed by atoms with Gasteiger partial charge in [0.2, 0.25) is 0 Å². The maximum atomic E-state index is 13.1. The van der Waals surface area contributed by atoms with Crippen molar-refractivity contribution in [2.75, 3.05) is 0 Å². The summed E-state index contributed by atoms with van der Waals surface area (Å²) in [6.45, 7) is 0. The van der Waals surface area contributed by atoms with Crippen LogP contribution in [0.5, 0.6) is 0 Å². The average molecular weight is 631 g/mol. The van der Waals surface area contributed by atoms with Crippen LogP contribution in [-0.2, 0) is 0 Å². The molecule has 0 saturated heterocycles. The van der Waals surface area contributed by atoms with Gasteiger partial charge in [-0.3, -0.25) is 48.3 Å². The molecule has 0 bridgehead atoms. The maximum absolute atomic E-state index is 13.1. The van der Waals surface area contributed by atoms with E-state index in [2.05, 4.69) is 33.8 Å². The molecule has 0 amide bonds. The van der Waals surface area contributed by atoms with E-state index < -0.39 is 44.5 Å². The zero-order valence-corrected chi connectivity index (χ0v) is 24.1. The van der Waals surface area contributed by atoms with Crippen molar-refractivity contribution in [3.63, 3.8) is 0 Å². The van der Waals surface area contributed by atoms with Crippen LogP contribution in [0.2, 0.25) is 0 Å². The van der Waals surface area contributed by atoms with E-state index in [1.165, 1.54) is 24.3 Å². The van der Waals surface area contributed by atoms with Crippen molar-refractivity contribution in [2.45, 2.75) is 0 Å². The lowest BCUT2D eigenvalue weighted by Crippen LogP contribution is -2.23. The molecule has 2 N–H and O–H groups in total. The summed E-state index contributed by atoms with van der Waals surface area (Å²) in [6, 6.07) is 20.7. The van der Waals surface area contributed by atoms with Crippen LogP contribution in [0, 0.1) is 23.8 Å². The van der Waals surface area contributed by atoms with E-state index in [1.807, 2.05) is 0 Å². The normalized spacial score (nSPS) is 11.2. The Balaban J connectivity index is 1.05.